The molecule has 1 amide bonds. The number of nitrogens with zero attached hydrogens (tertiary/aromatic N) is 1. The van der Waals surface area contributed by atoms with E-state index in [1.54, 1.807) is 4.90 Å². The molecule has 0 N–H and O–H groups in total. The van der Waals surface area contributed by atoms with E-state index in [2.05, 4.69) is 6.92 Å². The molecule has 0 spiro atoms. The number of anilines is 1. The molecule has 0 fully saturated rings. The first-order chi connectivity index (χ1) is 9.31. The molecule has 0 aliphatic carbocycles. The van der Waals surface area contributed by atoms with Crippen LogP contribution in [-0.4, -0.2) is 12.5 Å². The molecule has 0 aromatic heterocycles. The van der Waals surface area contributed by atoms with Crippen LogP contribution in [0.5, 0.6) is 5.75 Å². The molecule has 2 aromatic carbocycles. The molecule has 1 aliphatic heterocycles. The monoisotopic (exact) mass is 291 g/mol. The fourth-order valence-electron chi connectivity index (χ4n) is 2.29. The minimum absolute atomic E-state index is 0. The van der Waals surface area contributed by atoms with Gasteiger partial charge in [-0.1, -0.05) is 42.5 Å². The fourth-order valence-corrected chi connectivity index (χ4v) is 2.29. The predicted molar refractivity (Wildman–Crippen MR) is 74.0 cm³/mol. The summed E-state index contributed by atoms with van der Waals surface area (Å²) in [6.45, 7) is 4.23. The second-order valence-corrected chi connectivity index (χ2v) is 4.37. The standard InChI is InChI=1S/C16H14NO2.K/c1-2-17-13-10-6-7-11-14(13)19-15(16(17)18)12-8-4-3-5-9-12;/h3-11,15H,1-2H2;/q-1;+1. The van der Waals surface area contributed by atoms with Gasteiger partial charge in [-0.25, -0.2) is 0 Å². The third-order valence-corrected chi connectivity index (χ3v) is 3.22. The molecule has 1 aliphatic rings. The number of carbonyl (C=O) groups excluding carboxylic acids is 1. The zero-order chi connectivity index (χ0) is 13.2. The van der Waals surface area contributed by atoms with Crippen LogP contribution in [-0.2, 0) is 4.79 Å². The average Bonchev–Trinajstić information content (AvgIpc) is 2.47. The van der Waals surface area contributed by atoms with E-state index < -0.39 is 6.10 Å². The molecule has 3 rings (SSSR count). The van der Waals surface area contributed by atoms with Crippen LogP contribution in [0.3, 0.4) is 0 Å². The Kier molecular flexibility index (Phi) is 5.40. The third-order valence-electron chi connectivity index (χ3n) is 3.22. The van der Waals surface area contributed by atoms with Gasteiger partial charge < -0.3 is 16.6 Å². The zero-order valence-electron chi connectivity index (χ0n) is 11.5. The molecular weight excluding hydrogens is 277 g/mol. The first-order valence-corrected chi connectivity index (χ1v) is 6.22. The van der Waals surface area contributed by atoms with Crippen molar-refractivity contribution in [3.8, 4) is 5.75 Å². The van der Waals surface area contributed by atoms with E-state index in [4.69, 9.17) is 4.74 Å². The number of fused-ring (bicyclic) bond motifs is 1. The summed E-state index contributed by atoms with van der Waals surface area (Å²) < 4.78 is 5.84. The maximum absolute atomic E-state index is 12.5. The molecule has 0 saturated heterocycles. The van der Waals surface area contributed by atoms with Crippen molar-refractivity contribution in [1.82, 2.24) is 0 Å². The van der Waals surface area contributed by atoms with Crippen molar-refractivity contribution in [2.24, 2.45) is 0 Å². The van der Waals surface area contributed by atoms with Gasteiger partial charge in [0.1, 0.15) is 5.75 Å². The van der Waals surface area contributed by atoms with Crippen LogP contribution in [0, 0.1) is 6.92 Å². The van der Waals surface area contributed by atoms with Gasteiger partial charge in [0.2, 0.25) is 6.10 Å². The van der Waals surface area contributed by atoms with Gasteiger partial charge in [-0.3, -0.25) is 4.79 Å². The Hall–Kier alpha value is -0.654. The van der Waals surface area contributed by atoms with E-state index in [-0.39, 0.29) is 57.3 Å². The number of rotatable bonds is 2. The summed E-state index contributed by atoms with van der Waals surface area (Å²) in [6.07, 6.45) is -0.585. The fraction of sp³-hybridized carbons (Fsp3) is 0.125. The van der Waals surface area contributed by atoms with Crippen LogP contribution < -0.4 is 61.0 Å². The van der Waals surface area contributed by atoms with Crippen molar-refractivity contribution in [1.29, 1.82) is 0 Å². The molecule has 1 atom stereocenters. The SMILES string of the molecule is [CH2-]CN1C(=O)C(c2ccccc2)Oc2ccccc21.[K+]. The number of amides is 1. The molecule has 0 bridgehead atoms. The Balaban J connectivity index is 0.00000147. The minimum atomic E-state index is -0.585. The first kappa shape index (κ1) is 15.7. The molecule has 0 radical (unpaired) electrons. The van der Waals surface area contributed by atoms with E-state index in [1.807, 2.05) is 54.6 Å². The van der Waals surface area contributed by atoms with Crippen molar-refractivity contribution in [3.63, 3.8) is 0 Å². The largest absolute Gasteiger partial charge is 1.00 e. The van der Waals surface area contributed by atoms with Gasteiger partial charge in [-0.15, -0.1) is 6.54 Å². The van der Waals surface area contributed by atoms with Crippen molar-refractivity contribution in [2.45, 2.75) is 6.10 Å². The van der Waals surface area contributed by atoms with Gasteiger partial charge in [0.05, 0.1) is 5.69 Å². The summed E-state index contributed by atoms with van der Waals surface area (Å²) >= 11 is 0. The quantitative estimate of drug-likeness (QED) is 0.575. The molecule has 4 heteroatoms. The van der Waals surface area contributed by atoms with Crippen LogP contribution in [0.25, 0.3) is 0 Å². The van der Waals surface area contributed by atoms with E-state index >= 15 is 0 Å². The Morgan fingerprint density at radius 1 is 1.05 bits per heavy atom. The third kappa shape index (κ3) is 2.85. The normalized spacial score (nSPS) is 16.9. The van der Waals surface area contributed by atoms with Gasteiger partial charge in [0.25, 0.3) is 5.91 Å². The summed E-state index contributed by atoms with van der Waals surface area (Å²) in [7, 11) is 0. The van der Waals surface area contributed by atoms with Crippen LogP contribution in [0.2, 0.25) is 0 Å². The van der Waals surface area contributed by atoms with Crippen LogP contribution in [0.15, 0.2) is 54.6 Å². The second kappa shape index (κ2) is 6.87. The predicted octanol–water partition coefficient (Wildman–Crippen LogP) is -0.00861. The molecule has 1 heterocycles. The average molecular weight is 291 g/mol. The number of benzene rings is 2. The molecule has 0 saturated carbocycles. The van der Waals surface area contributed by atoms with Crippen molar-refractivity contribution < 1.29 is 60.9 Å². The topological polar surface area (TPSA) is 29.5 Å². The second-order valence-electron chi connectivity index (χ2n) is 4.37. The van der Waals surface area contributed by atoms with Gasteiger partial charge >= 0.3 is 51.4 Å². The summed E-state index contributed by atoms with van der Waals surface area (Å²) in [5, 5.41) is 0. The summed E-state index contributed by atoms with van der Waals surface area (Å²) in [5.41, 5.74) is 1.65. The zero-order valence-corrected chi connectivity index (χ0v) is 14.6. The summed E-state index contributed by atoms with van der Waals surface area (Å²) in [5.74, 6) is 0.652. The molecule has 96 valence electrons. The number of hydrogen-bond donors (Lipinski definition) is 0. The number of ether oxygens (including phenoxy) is 1. The molecule has 2 aromatic rings. The van der Waals surface area contributed by atoms with Crippen molar-refractivity contribution in [2.75, 3.05) is 11.4 Å². The smallest absolute Gasteiger partial charge is 0.474 e. The Bertz CT molecular complexity index is 600. The first-order valence-electron chi connectivity index (χ1n) is 6.22. The van der Waals surface area contributed by atoms with Crippen molar-refractivity contribution in [3.05, 3.63) is 67.1 Å². The molecule has 20 heavy (non-hydrogen) atoms. The van der Waals surface area contributed by atoms with E-state index in [1.165, 1.54) is 0 Å². The van der Waals surface area contributed by atoms with Gasteiger partial charge in [0.15, 0.2) is 0 Å². The molecular formula is C16H14KNO2. The summed E-state index contributed by atoms with van der Waals surface area (Å²) in [6, 6.07) is 17.1. The van der Waals surface area contributed by atoms with Gasteiger partial charge in [-0.05, 0) is 12.1 Å². The van der Waals surface area contributed by atoms with Crippen LogP contribution in [0.1, 0.15) is 11.7 Å². The van der Waals surface area contributed by atoms with Crippen molar-refractivity contribution >= 4 is 11.6 Å². The van der Waals surface area contributed by atoms with Gasteiger partial charge in [-0.2, -0.15) is 0 Å². The maximum Gasteiger partial charge on any atom is 1.00 e. The number of hydrogen-bond acceptors (Lipinski definition) is 2. The molecule has 3 nitrogen and oxygen atoms in total. The van der Waals surface area contributed by atoms with E-state index in [9.17, 15) is 4.79 Å². The van der Waals surface area contributed by atoms with E-state index in [0.717, 1.165) is 17.0 Å². The van der Waals surface area contributed by atoms with E-state index in [0.29, 0.717) is 6.54 Å². The van der Waals surface area contributed by atoms with Gasteiger partial charge in [0, 0.05) is 5.56 Å². The Morgan fingerprint density at radius 3 is 2.40 bits per heavy atom. The number of para-hydroxylation sites is 2. The maximum atomic E-state index is 12.5. The van der Waals surface area contributed by atoms with Crippen LogP contribution >= 0.6 is 0 Å². The molecule has 1 unspecified atom stereocenters. The Labute approximate surface area is 161 Å². The Morgan fingerprint density at radius 2 is 1.70 bits per heavy atom. The van der Waals surface area contributed by atoms with Crippen LogP contribution in [0.4, 0.5) is 5.69 Å². The number of carbonyl (C=O) groups is 1. The minimum Gasteiger partial charge on any atom is -0.474 e. The summed E-state index contributed by atoms with van der Waals surface area (Å²) in [4.78, 5) is 14.1.